The molecule has 2 rings (SSSR count). The topological polar surface area (TPSA) is 52.0 Å². The van der Waals surface area contributed by atoms with Crippen molar-refractivity contribution in [3.8, 4) is 11.1 Å². The van der Waals surface area contributed by atoms with Gasteiger partial charge in [0, 0.05) is 16.9 Å². The number of halogens is 10. The molecule has 0 fully saturated rings. The van der Waals surface area contributed by atoms with Crippen molar-refractivity contribution in [3.05, 3.63) is 47.5 Å². The molecule has 0 aliphatic rings. The third kappa shape index (κ3) is 3.42. The highest BCUT2D eigenvalue weighted by Gasteiger charge is 2.67. The minimum Gasteiger partial charge on any atom is -0.399 e. The third-order valence-electron chi connectivity index (χ3n) is 3.80. The van der Waals surface area contributed by atoms with Gasteiger partial charge in [0.1, 0.15) is 0 Å². The molecule has 0 radical (unpaired) electrons. The first-order valence-electron chi connectivity index (χ1n) is 7.20. The van der Waals surface area contributed by atoms with Crippen molar-refractivity contribution in [2.75, 3.05) is 11.5 Å². The number of hydrogen-bond acceptors (Lipinski definition) is 2. The van der Waals surface area contributed by atoms with Crippen LogP contribution in [0.25, 0.3) is 11.1 Å². The highest BCUT2D eigenvalue weighted by Crippen LogP contribution is 2.55. The molecule has 0 aromatic heterocycles. The summed E-state index contributed by atoms with van der Waals surface area (Å²) in [5.74, 6) is -12.1. The van der Waals surface area contributed by atoms with Gasteiger partial charge in [-0.05, 0) is 29.3 Å². The number of nitrogen functional groups attached to an aromatic ring is 2. The van der Waals surface area contributed by atoms with E-state index in [4.69, 9.17) is 11.5 Å². The van der Waals surface area contributed by atoms with E-state index in [0.29, 0.717) is 12.1 Å². The van der Waals surface area contributed by atoms with Crippen LogP contribution in [0.4, 0.5) is 55.3 Å². The lowest BCUT2D eigenvalue weighted by Crippen LogP contribution is -2.41. The van der Waals surface area contributed by atoms with Gasteiger partial charge in [0.15, 0.2) is 0 Å². The van der Waals surface area contributed by atoms with E-state index in [2.05, 4.69) is 0 Å². The van der Waals surface area contributed by atoms with Crippen LogP contribution in [-0.2, 0) is 11.8 Å². The normalized spacial score (nSPS) is 13.6. The fourth-order valence-corrected chi connectivity index (χ4v) is 2.47. The van der Waals surface area contributed by atoms with Gasteiger partial charge < -0.3 is 11.5 Å². The van der Waals surface area contributed by atoms with Gasteiger partial charge in [-0.15, -0.1) is 0 Å². The summed E-state index contributed by atoms with van der Waals surface area (Å²) in [6.45, 7) is 0. The highest BCUT2D eigenvalue weighted by atomic mass is 19.4. The number of nitrogens with two attached hydrogens (primary N) is 2. The summed E-state index contributed by atoms with van der Waals surface area (Å²) < 4.78 is 133. The van der Waals surface area contributed by atoms with Gasteiger partial charge in [-0.3, -0.25) is 0 Å². The Morgan fingerprint density at radius 2 is 0.964 bits per heavy atom. The Hall–Kier alpha value is -2.66. The minimum atomic E-state index is -6.47. The van der Waals surface area contributed by atoms with Crippen LogP contribution in [0.15, 0.2) is 36.4 Å². The first kappa shape index (κ1) is 21.6. The Bertz CT molecular complexity index is 867. The van der Waals surface area contributed by atoms with E-state index in [9.17, 15) is 43.9 Å². The van der Waals surface area contributed by atoms with Crippen LogP contribution in [0, 0.1) is 0 Å². The number of benzene rings is 2. The molecule has 28 heavy (non-hydrogen) atoms. The number of anilines is 2. The number of rotatable bonds is 3. The number of hydrogen-bond donors (Lipinski definition) is 2. The fraction of sp³-hybridized carbons (Fsp3) is 0.250. The molecule has 12 heteroatoms. The maximum Gasteiger partial charge on any atom is 0.458 e. The molecule has 2 aromatic rings. The van der Waals surface area contributed by atoms with E-state index < -0.39 is 52.1 Å². The van der Waals surface area contributed by atoms with E-state index in [1.54, 1.807) is 0 Å². The average molecular weight is 420 g/mol. The SMILES string of the molecule is Nc1ccc(-c2ccc(N)c(C(F)(F)C(F)(F)F)c2C(F)(F)C(F)(F)F)cc1. The second kappa shape index (κ2) is 6.45. The Labute approximate surface area is 150 Å². The summed E-state index contributed by atoms with van der Waals surface area (Å²) in [6, 6.07) is 4.78. The fourth-order valence-electron chi connectivity index (χ4n) is 2.47. The second-order valence-electron chi connectivity index (χ2n) is 5.72. The molecule has 2 aromatic carbocycles. The molecule has 154 valence electrons. The van der Waals surface area contributed by atoms with Gasteiger partial charge in [-0.1, -0.05) is 18.2 Å². The lowest BCUT2D eigenvalue weighted by Gasteiger charge is -2.30. The minimum absolute atomic E-state index is 0.0455. The molecular formula is C16H10F10N2. The molecule has 2 nitrogen and oxygen atoms in total. The summed E-state index contributed by atoms with van der Waals surface area (Å²) in [6.07, 6.45) is -12.9. The quantitative estimate of drug-likeness (QED) is 0.485. The second-order valence-corrected chi connectivity index (χ2v) is 5.72. The zero-order valence-corrected chi connectivity index (χ0v) is 13.4. The van der Waals surface area contributed by atoms with E-state index in [1.165, 1.54) is 0 Å². The van der Waals surface area contributed by atoms with Crippen molar-refractivity contribution in [2.45, 2.75) is 24.2 Å². The Balaban J connectivity index is 3.01. The largest absolute Gasteiger partial charge is 0.458 e. The van der Waals surface area contributed by atoms with Crippen molar-refractivity contribution >= 4 is 11.4 Å². The summed E-state index contributed by atoms with van der Waals surface area (Å²) in [5.41, 5.74) is 1.93. The van der Waals surface area contributed by atoms with Crippen molar-refractivity contribution < 1.29 is 43.9 Å². The van der Waals surface area contributed by atoms with Crippen LogP contribution in [0.5, 0.6) is 0 Å². The van der Waals surface area contributed by atoms with E-state index >= 15 is 0 Å². The lowest BCUT2D eigenvalue weighted by molar-refractivity contribution is -0.301. The van der Waals surface area contributed by atoms with Crippen molar-refractivity contribution in [1.29, 1.82) is 0 Å². The first-order chi connectivity index (χ1) is 12.5. The monoisotopic (exact) mass is 420 g/mol. The predicted molar refractivity (Wildman–Crippen MR) is 80.6 cm³/mol. The standard InChI is InChI=1S/C16H10F10N2/c17-13(18,15(21,22)23)11-9(7-1-3-8(27)4-2-7)5-6-10(28)12(11)14(19,20)16(24,25)26/h1-6H,27-28H2. The third-order valence-corrected chi connectivity index (χ3v) is 3.80. The molecule has 0 heterocycles. The molecule has 0 amide bonds. The molecule has 0 spiro atoms. The molecule has 0 aliphatic heterocycles. The van der Waals surface area contributed by atoms with Crippen LogP contribution in [0.2, 0.25) is 0 Å². The highest BCUT2D eigenvalue weighted by molar-refractivity contribution is 5.75. The molecule has 0 bridgehead atoms. The van der Waals surface area contributed by atoms with Crippen molar-refractivity contribution in [1.82, 2.24) is 0 Å². The molecule has 4 N–H and O–H groups in total. The van der Waals surface area contributed by atoms with Crippen LogP contribution in [0.1, 0.15) is 11.1 Å². The van der Waals surface area contributed by atoms with Gasteiger partial charge in [0.2, 0.25) is 0 Å². The van der Waals surface area contributed by atoms with Crippen LogP contribution >= 0.6 is 0 Å². The average Bonchev–Trinajstić information content (AvgIpc) is 2.53. The van der Waals surface area contributed by atoms with E-state index in [0.717, 1.165) is 24.3 Å². The predicted octanol–water partition coefficient (Wildman–Crippen LogP) is 5.83. The van der Waals surface area contributed by atoms with Gasteiger partial charge in [0.05, 0.1) is 5.56 Å². The molecule has 0 saturated carbocycles. The summed E-state index contributed by atoms with van der Waals surface area (Å²) in [4.78, 5) is 0. The Morgan fingerprint density at radius 3 is 1.39 bits per heavy atom. The molecule has 0 saturated heterocycles. The maximum atomic E-state index is 14.1. The maximum absolute atomic E-state index is 14.1. The summed E-state index contributed by atoms with van der Waals surface area (Å²) in [7, 11) is 0. The lowest BCUT2D eigenvalue weighted by atomic mass is 9.87. The molecular weight excluding hydrogens is 410 g/mol. The zero-order valence-electron chi connectivity index (χ0n) is 13.4. The first-order valence-corrected chi connectivity index (χ1v) is 7.20. The zero-order chi connectivity index (χ0) is 21.7. The molecule has 0 aliphatic carbocycles. The van der Waals surface area contributed by atoms with Gasteiger partial charge in [-0.25, -0.2) is 0 Å². The van der Waals surface area contributed by atoms with Crippen molar-refractivity contribution in [3.63, 3.8) is 0 Å². The number of alkyl halides is 10. The van der Waals surface area contributed by atoms with E-state index in [-0.39, 0.29) is 5.69 Å². The van der Waals surface area contributed by atoms with Crippen molar-refractivity contribution in [2.24, 2.45) is 0 Å². The van der Waals surface area contributed by atoms with Crippen LogP contribution < -0.4 is 11.5 Å². The Morgan fingerprint density at radius 1 is 0.536 bits per heavy atom. The molecule has 0 unspecified atom stereocenters. The van der Waals surface area contributed by atoms with Gasteiger partial charge in [-0.2, -0.15) is 43.9 Å². The van der Waals surface area contributed by atoms with Crippen LogP contribution in [-0.4, -0.2) is 12.4 Å². The van der Waals surface area contributed by atoms with Gasteiger partial charge >= 0.3 is 24.2 Å². The summed E-state index contributed by atoms with van der Waals surface area (Å²) >= 11 is 0. The van der Waals surface area contributed by atoms with Crippen LogP contribution in [0.3, 0.4) is 0 Å². The van der Waals surface area contributed by atoms with E-state index in [1.807, 2.05) is 0 Å². The Kier molecular flexibility index (Phi) is 4.98. The molecule has 0 atom stereocenters. The summed E-state index contributed by atoms with van der Waals surface area (Å²) in [5, 5.41) is 0. The van der Waals surface area contributed by atoms with Gasteiger partial charge in [0.25, 0.3) is 0 Å². The smallest absolute Gasteiger partial charge is 0.399 e.